The molecule has 6 nitrogen and oxygen atoms in total. The number of hydrogen-bond donors (Lipinski definition) is 1. The van der Waals surface area contributed by atoms with Crippen LogP contribution in [0, 0.1) is 0 Å². The van der Waals surface area contributed by atoms with E-state index in [4.69, 9.17) is 21.3 Å². The summed E-state index contributed by atoms with van der Waals surface area (Å²) < 4.78 is 6.38. The summed E-state index contributed by atoms with van der Waals surface area (Å²) >= 11 is 6.08. The number of rotatable bonds is 6. The van der Waals surface area contributed by atoms with E-state index in [1.54, 1.807) is 12.4 Å². The lowest BCUT2D eigenvalue weighted by molar-refractivity contribution is 0.0219. The molecular weight excluding hydrogens is 434 g/mol. The molecule has 33 heavy (non-hydrogen) atoms. The summed E-state index contributed by atoms with van der Waals surface area (Å²) in [7, 11) is 0. The van der Waals surface area contributed by atoms with Gasteiger partial charge in [0.15, 0.2) is 0 Å². The first-order valence-electron chi connectivity index (χ1n) is 11.5. The highest BCUT2D eigenvalue weighted by Crippen LogP contribution is 2.26. The summed E-state index contributed by atoms with van der Waals surface area (Å²) in [4.78, 5) is 15.7. The predicted molar refractivity (Wildman–Crippen MR) is 133 cm³/mol. The van der Waals surface area contributed by atoms with Gasteiger partial charge in [0.25, 0.3) is 0 Å². The second-order valence-electron chi connectivity index (χ2n) is 8.46. The molecule has 0 amide bonds. The van der Waals surface area contributed by atoms with E-state index < -0.39 is 0 Å². The Morgan fingerprint density at radius 2 is 1.97 bits per heavy atom. The van der Waals surface area contributed by atoms with E-state index in [0.29, 0.717) is 30.3 Å². The van der Waals surface area contributed by atoms with Crippen molar-refractivity contribution in [2.45, 2.75) is 37.8 Å². The van der Waals surface area contributed by atoms with Gasteiger partial charge >= 0.3 is 0 Å². The largest absolute Gasteiger partial charge is 0.369 e. The minimum atomic E-state index is -0.100. The van der Waals surface area contributed by atoms with Gasteiger partial charge < -0.3 is 10.1 Å². The Bertz CT molecular complexity index is 1070. The molecule has 2 aliphatic heterocycles. The molecule has 3 heterocycles. The van der Waals surface area contributed by atoms with Crippen molar-refractivity contribution in [3.05, 3.63) is 88.9 Å². The van der Waals surface area contributed by atoms with Crippen LogP contribution in [0.4, 0.5) is 5.95 Å². The number of morpholine rings is 1. The molecular formula is C26H28ClN5O. The zero-order valence-corrected chi connectivity index (χ0v) is 19.3. The normalized spacial score (nSPS) is 23.1. The molecule has 170 valence electrons. The molecule has 0 bridgehead atoms. The third-order valence-electron chi connectivity index (χ3n) is 6.19. The van der Waals surface area contributed by atoms with E-state index in [1.807, 2.05) is 35.2 Å². The SMILES string of the molecule is Clc1ccc(C2=NCN(c3ncccn3)C([C@@H]3CN[C@@H](CCC4=CCCC=C4)CO3)=C2)cc1. The Balaban J connectivity index is 1.30. The Kier molecular flexibility index (Phi) is 6.95. The minimum Gasteiger partial charge on any atom is -0.369 e. The molecule has 1 N–H and O–H groups in total. The van der Waals surface area contributed by atoms with E-state index in [2.05, 4.69) is 39.6 Å². The van der Waals surface area contributed by atoms with Crippen LogP contribution in [-0.4, -0.2) is 47.6 Å². The van der Waals surface area contributed by atoms with Crippen molar-refractivity contribution < 1.29 is 4.74 Å². The van der Waals surface area contributed by atoms with Crippen molar-refractivity contribution in [1.29, 1.82) is 0 Å². The Hall–Kier alpha value is -2.80. The molecule has 0 spiro atoms. The van der Waals surface area contributed by atoms with Crippen LogP contribution in [0.1, 0.15) is 31.2 Å². The van der Waals surface area contributed by atoms with Gasteiger partial charge in [0.05, 0.1) is 18.0 Å². The molecule has 1 fully saturated rings. The highest BCUT2D eigenvalue weighted by atomic mass is 35.5. The minimum absolute atomic E-state index is 0.100. The summed E-state index contributed by atoms with van der Waals surface area (Å²) in [5.41, 5.74) is 4.40. The van der Waals surface area contributed by atoms with Gasteiger partial charge in [-0.1, -0.05) is 47.5 Å². The maximum atomic E-state index is 6.38. The molecule has 2 aromatic rings. The first-order chi connectivity index (χ1) is 16.3. The molecule has 0 radical (unpaired) electrons. The Morgan fingerprint density at radius 1 is 1.12 bits per heavy atom. The van der Waals surface area contributed by atoms with E-state index in [-0.39, 0.29) is 6.10 Å². The summed E-state index contributed by atoms with van der Waals surface area (Å²) in [6, 6.07) is 9.94. The molecule has 1 aliphatic carbocycles. The number of aliphatic imine (C=N–C) groups is 1. The third kappa shape index (κ3) is 5.41. The van der Waals surface area contributed by atoms with Crippen molar-refractivity contribution >= 4 is 23.3 Å². The summed E-state index contributed by atoms with van der Waals surface area (Å²) in [6.07, 6.45) is 16.9. The number of ether oxygens (including phenoxy) is 1. The monoisotopic (exact) mass is 461 g/mol. The van der Waals surface area contributed by atoms with Crippen molar-refractivity contribution in [3.63, 3.8) is 0 Å². The van der Waals surface area contributed by atoms with Crippen molar-refractivity contribution in [1.82, 2.24) is 15.3 Å². The topological polar surface area (TPSA) is 62.6 Å². The quantitative estimate of drug-likeness (QED) is 0.675. The van der Waals surface area contributed by atoms with Gasteiger partial charge in [-0.05, 0) is 55.5 Å². The lowest BCUT2D eigenvalue weighted by atomic mass is 9.99. The standard InChI is InChI=1S/C26H28ClN5O/c27-21-10-8-20(9-11-21)23-15-24(32(18-31-23)26-28-13-4-14-29-26)25-16-30-22(17-33-25)12-7-19-5-2-1-3-6-19/h2,4-6,8-11,13-15,22,25,30H,1,3,7,12,16-18H2/t22-,25-/m0/s1. The van der Waals surface area contributed by atoms with E-state index in [0.717, 1.165) is 49.2 Å². The van der Waals surface area contributed by atoms with E-state index >= 15 is 0 Å². The number of nitrogens with one attached hydrogen (secondary N) is 1. The summed E-state index contributed by atoms with van der Waals surface area (Å²) in [5.74, 6) is 0.629. The second-order valence-corrected chi connectivity index (χ2v) is 8.90. The van der Waals surface area contributed by atoms with E-state index in [1.165, 1.54) is 5.57 Å². The highest BCUT2D eigenvalue weighted by molar-refractivity contribution is 6.30. The maximum Gasteiger partial charge on any atom is 0.231 e. The highest BCUT2D eigenvalue weighted by Gasteiger charge is 2.30. The molecule has 0 unspecified atom stereocenters. The van der Waals surface area contributed by atoms with Gasteiger partial charge in [-0.25, -0.2) is 9.97 Å². The van der Waals surface area contributed by atoms with Crippen molar-refractivity contribution in [2.75, 3.05) is 24.7 Å². The van der Waals surface area contributed by atoms with Crippen LogP contribution in [0.25, 0.3) is 0 Å². The Morgan fingerprint density at radius 3 is 2.70 bits per heavy atom. The second kappa shape index (κ2) is 10.4. The van der Waals surface area contributed by atoms with Gasteiger partial charge in [-0.15, -0.1) is 0 Å². The lowest BCUT2D eigenvalue weighted by Gasteiger charge is -2.37. The van der Waals surface area contributed by atoms with Crippen LogP contribution in [-0.2, 0) is 4.74 Å². The zero-order chi connectivity index (χ0) is 22.5. The van der Waals surface area contributed by atoms with Crippen LogP contribution < -0.4 is 10.2 Å². The van der Waals surface area contributed by atoms with Gasteiger partial charge in [-0.2, -0.15) is 0 Å². The average Bonchev–Trinajstić information content (AvgIpc) is 2.89. The number of anilines is 1. The fourth-order valence-corrected chi connectivity index (χ4v) is 4.48. The predicted octanol–water partition coefficient (Wildman–Crippen LogP) is 4.69. The number of halogens is 1. The smallest absolute Gasteiger partial charge is 0.231 e. The van der Waals surface area contributed by atoms with E-state index in [9.17, 15) is 0 Å². The van der Waals surface area contributed by atoms with Gasteiger partial charge in [0.2, 0.25) is 5.95 Å². The molecule has 1 saturated heterocycles. The molecule has 3 aliphatic rings. The molecule has 1 aromatic heterocycles. The molecule has 5 rings (SSSR count). The van der Waals surface area contributed by atoms with Gasteiger partial charge in [0.1, 0.15) is 12.8 Å². The molecule has 2 atom stereocenters. The van der Waals surface area contributed by atoms with Crippen LogP contribution in [0.3, 0.4) is 0 Å². The number of nitrogens with zero attached hydrogens (tertiary/aromatic N) is 4. The maximum absolute atomic E-state index is 6.38. The summed E-state index contributed by atoms with van der Waals surface area (Å²) in [5, 5.41) is 4.41. The fourth-order valence-electron chi connectivity index (χ4n) is 4.36. The summed E-state index contributed by atoms with van der Waals surface area (Å²) in [6.45, 7) is 1.86. The van der Waals surface area contributed by atoms with Crippen molar-refractivity contribution in [3.8, 4) is 0 Å². The van der Waals surface area contributed by atoms with Crippen LogP contribution in [0.5, 0.6) is 0 Å². The van der Waals surface area contributed by atoms with Crippen LogP contribution in [0.2, 0.25) is 5.02 Å². The number of hydrogen-bond acceptors (Lipinski definition) is 6. The van der Waals surface area contributed by atoms with Gasteiger partial charge in [-0.3, -0.25) is 9.89 Å². The number of benzene rings is 1. The fraction of sp³-hybridized carbons (Fsp3) is 0.346. The third-order valence-corrected chi connectivity index (χ3v) is 6.44. The van der Waals surface area contributed by atoms with Crippen LogP contribution >= 0.6 is 11.6 Å². The number of allylic oxidation sites excluding steroid dienone is 5. The zero-order valence-electron chi connectivity index (χ0n) is 18.5. The molecule has 0 saturated carbocycles. The first kappa shape index (κ1) is 22.0. The van der Waals surface area contributed by atoms with Crippen LogP contribution in [0.15, 0.2) is 83.3 Å². The average molecular weight is 462 g/mol. The van der Waals surface area contributed by atoms with Gasteiger partial charge in [0, 0.05) is 30.0 Å². The first-order valence-corrected chi connectivity index (χ1v) is 11.9. The Labute approximate surface area is 199 Å². The van der Waals surface area contributed by atoms with Crippen molar-refractivity contribution in [2.24, 2.45) is 4.99 Å². The molecule has 7 heteroatoms. The molecule has 1 aromatic carbocycles. The number of aromatic nitrogens is 2. The lowest BCUT2D eigenvalue weighted by Crippen LogP contribution is -2.50.